The van der Waals surface area contributed by atoms with Crippen LogP contribution in [0.3, 0.4) is 0 Å². The molecular formula is C25H26ClFN8O4S. The predicted molar refractivity (Wildman–Crippen MR) is 149 cm³/mol. The fourth-order valence-corrected chi connectivity index (χ4v) is 5.37. The first-order valence-electron chi connectivity index (χ1n) is 12.2. The summed E-state index contributed by atoms with van der Waals surface area (Å²) < 4.78 is 42.5. The number of rotatable bonds is 6. The van der Waals surface area contributed by atoms with Gasteiger partial charge in [0.15, 0.2) is 11.5 Å². The molecule has 0 spiro atoms. The molecule has 0 radical (unpaired) electrons. The summed E-state index contributed by atoms with van der Waals surface area (Å²) in [6.45, 7) is 4.78. The van der Waals surface area contributed by atoms with Crippen LogP contribution in [0.15, 0.2) is 35.3 Å². The Balaban J connectivity index is 1.57. The molecule has 15 heteroatoms. The average molecular weight is 589 g/mol. The Morgan fingerprint density at radius 2 is 1.95 bits per heavy atom. The maximum Gasteiger partial charge on any atom is 0.285 e. The van der Waals surface area contributed by atoms with E-state index in [-0.39, 0.29) is 28.6 Å². The van der Waals surface area contributed by atoms with E-state index in [1.165, 1.54) is 22.9 Å². The molecule has 0 saturated heterocycles. The third kappa shape index (κ3) is 5.23. The topological polar surface area (TPSA) is 144 Å². The van der Waals surface area contributed by atoms with Gasteiger partial charge in [-0.2, -0.15) is 5.10 Å². The number of pyridine rings is 1. The Morgan fingerprint density at radius 3 is 2.67 bits per heavy atom. The number of hydrogen-bond donors (Lipinski definition) is 2. The summed E-state index contributed by atoms with van der Waals surface area (Å²) in [7, 11) is -2.22. The number of aryl methyl sites for hydroxylation is 1. The highest BCUT2D eigenvalue weighted by Crippen LogP contribution is 2.30. The summed E-state index contributed by atoms with van der Waals surface area (Å²) in [5, 5.41) is 7.64. The highest BCUT2D eigenvalue weighted by atomic mass is 35.5. The van der Waals surface area contributed by atoms with Crippen molar-refractivity contribution in [2.75, 3.05) is 23.0 Å². The lowest BCUT2D eigenvalue weighted by molar-refractivity contribution is 0.0977. The zero-order chi connectivity index (χ0) is 28.9. The van der Waals surface area contributed by atoms with Crippen LogP contribution >= 0.6 is 11.6 Å². The zero-order valence-electron chi connectivity index (χ0n) is 22.1. The van der Waals surface area contributed by atoms with Crippen LogP contribution in [0.25, 0.3) is 10.9 Å². The molecule has 1 aliphatic rings. The molecule has 0 bridgehead atoms. The second kappa shape index (κ2) is 10.2. The van der Waals surface area contributed by atoms with E-state index in [9.17, 15) is 22.4 Å². The summed E-state index contributed by atoms with van der Waals surface area (Å²) in [5.41, 5.74) is 2.08. The van der Waals surface area contributed by atoms with Crippen molar-refractivity contribution in [3.8, 4) is 0 Å². The van der Waals surface area contributed by atoms with Gasteiger partial charge in [0.2, 0.25) is 16.0 Å². The fraction of sp³-hybridized carbons (Fsp3) is 0.320. The number of aromatic nitrogens is 5. The number of fused-ring (bicyclic) bond motifs is 2. The fourth-order valence-electron chi connectivity index (χ4n) is 4.79. The quantitative estimate of drug-likeness (QED) is 0.325. The maximum absolute atomic E-state index is 14.3. The summed E-state index contributed by atoms with van der Waals surface area (Å²) in [5.74, 6) is -0.986. The number of amides is 1. The molecule has 1 aromatic carbocycles. The number of carbonyl (C=O) groups excluding carboxylic acids is 1. The number of nitrogens with one attached hydrogen (secondary N) is 2. The number of hydrogen-bond acceptors (Lipinski definition) is 9. The van der Waals surface area contributed by atoms with E-state index >= 15 is 0 Å². The van der Waals surface area contributed by atoms with Gasteiger partial charge in [0.25, 0.3) is 11.5 Å². The largest absolute Gasteiger partial charge is 0.377 e. The summed E-state index contributed by atoms with van der Waals surface area (Å²) in [6, 6.07) is 6.10. The van der Waals surface area contributed by atoms with Crippen molar-refractivity contribution in [3.63, 3.8) is 0 Å². The van der Waals surface area contributed by atoms with Crippen molar-refractivity contribution < 1.29 is 17.6 Å². The molecule has 12 nitrogen and oxygen atoms in total. The Labute approximate surface area is 233 Å². The molecule has 0 fully saturated rings. The minimum absolute atomic E-state index is 0.00646. The second-order valence-corrected chi connectivity index (χ2v) is 11.8. The first-order valence-corrected chi connectivity index (χ1v) is 14.5. The van der Waals surface area contributed by atoms with Gasteiger partial charge in [-0.15, -0.1) is 0 Å². The van der Waals surface area contributed by atoms with Crippen molar-refractivity contribution >= 4 is 50.1 Å². The van der Waals surface area contributed by atoms with Crippen molar-refractivity contribution in [2.45, 2.75) is 33.0 Å². The van der Waals surface area contributed by atoms with Crippen molar-refractivity contribution in [3.05, 3.63) is 74.3 Å². The van der Waals surface area contributed by atoms with Crippen LogP contribution in [0, 0.1) is 12.7 Å². The Kier molecular flexibility index (Phi) is 7.00. The number of anilines is 2. The minimum Gasteiger partial charge on any atom is -0.377 e. The van der Waals surface area contributed by atoms with Gasteiger partial charge in [-0.1, -0.05) is 17.7 Å². The van der Waals surface area contributed by atoms with Gasteiger partial charge in [0, 0.05) is 19.2 Å². The average Bonchev–Trinajstić information content (AvgIpc) is 3.25. The van der Waals surface area contributed by atoms with Crippen LogP contribution in [0.1, 0.15) is 40.3 Å². The molecule has 4 heterocycles. The maximum atomic E-state index is 14.3. The minimum atomic E-state index is -3.85. The van der Waals surface area contributed by atoms with E-state index in [1.54, 1.807) is 17.8 Å². The highest BCUT2D eigenvalue weighted by molar-refractivity contribution is 7.89. The van der Waals surface area contributed by atoms with Crippen LogP contribution in [0.5, 0.6) is 0 Å². The van der Waals surface area contributed by atoms with Crippen molar-refractivity contribution in [1.29, 1.82) is 0 Å². The molecule has 5 rings (SSSR count). The third-order valence-electron chi connectivity index (χ3n) is 6.63. The molecule has 0 saturated carbocycles. The zero-order valence-corrected chi connectivity index (χ0v) is 23.6. The standard InChI is InChI=1S/C25H26ClFN8O4S/c1-13-9-15(14(2)29-18-5-6-20(26)30-22(18)23(36)32-40(4,38)39)21-16(10-13)24(37)33(3)25(31-21)34-7-8-35-19(12-34)17(27)11-28-35/h5-6,9-11,14,29H,7-8,12H2,1-4H3,(H,32,36)/t14-/m1/s1. The van der Waals surface area contributed by atoms with Gasteiger partial charge in [0.1, 0.15) is 5.15 Å². The van der Waals surface area contributed by atoms with Crippen LogP contribution in [0.4, 0.5) is 16.0 Å². The Bertz CT molecular complexity index is 1840. The van der Waals surface area contributed by atoms with Gasteiger partial charge in [-0.3, -0.25) is 18.8 Å². The van der Waals surface area contributed by atoms with Crippen LogP contribution < -0.4 is 20.5 Å². The van der Waals surface area contributed by atoms with Gasteiger partial charge >= 0.3 is 0 Å². The van der Waals surface area contributed by atoms with E-state index in [0.29, 0.717) is 41.2 Å². The van der Waals surface area contributed by atoms with E-state index < -0.39 is 27.8 Å². The van der Waals surface area contributed by atoms with Gasteiger partial charge in [0.05, 0.1) is 53.9 Å². The monoisotopic (exact) mass is 588 g/mol. The summed E-state index contributed by atoms with van der Waals surface area (Å²) in [4.78, 5) is 36.9. The first kappa shape index (κ1) is 27.5. The van der Waals surface area contributed by atoms with Crippen molar-refractivity contribution in [2.24, 2.45) is 7.05 Å². The van der Waals surface area contributed by atoms with E-state index in [1.807, 2.05) is 29.5 Å². The molecule has 1 amide bonds. The lowest BCUT2D eigenvalue weighted by Gasteiger charge is -2.30. The van der Waals surface area contributed by atoms with Crippen LogP contribution in [-0.2, 0) is 30.2 Å². The van der Waals surface area contributed by atoms with Gasteiger partial charge < -0.3 is 10.2 Å². The van der Waals surface area contributed by atoms with Gasteiger partial charge in [-0.05, 0) is 37.6 Å². The molecule has 210 valence electrons. The lowest BCUT2D eigenvalue weighted by atomic mass is 10.0. The summed E-state index contributed by atoms with van der Waals surface area (Å²) >= 11 is 5.99. The lowest BCUT2D eigenvalue weighted by Crippen LogP contribution is -2.38. The number of sulfonamides is 1. The molecule has 4 aromatic rings. The highest BCUT2D eigenvalue weighted by Gasteiger charge is 2.26. The molecule has 2 N–H and O–H groups in total. The second-order valence-electron chi connectivity index (χ2n) is 9.71. The smallest absolute Gasteiger partial charge is 0.285 e. The van der Waals surface area contributed by atoms with E-state index in [0.717, 1.165) is 11.8 Å². The predicted octanol–water partition coefficient (Wildman–Crippen LogP) is 2.51. The Hall–Kier alpha value is -4.04. The number of benzene rings is 1. The molecular weight excluding hydrogens is 563 g/mol. The van der Waals surface area contributed by atoms with Crippen molar-refractivity contribution in [1.82, 2.24) is 29.0 Å². The van der Waals surface area contributed by atoms with Gasteiger partial charge in [-0.25, -0.2) is 27.5 Å². The molecule has 3 aromatic heterocycles. The third-order valence-corrected chi connectivity index (χ3v) is 7.39. The number of nitrogens with zero attached hydrogens (tertiary/aromatic N) is 6. The molecule has 1 aliphatic heterocycles. The first-order chi connectivity index (χ1) is 18.8. The van der Waals surface area contributed by atoms with Crippen LogP contribution in [0.2, 0.25) is 5.15 Å². The number of carbonyl (C=O) groups is 1. The molecule has 0 unspecified atom stereocenters. The normalized spacial score (nSPS) is 14.2. The molecule has 40 heavy (non-hydrogen) atoms. The SMILES string of the molecule is Cc1cc([C@@H](C)Nc2ccc(Cl)nc2C(=O)NS(C)(=O)=O)c2nc(N3CCn4ncc(F)c4C3)n(C)c(=O)c2c1. The molecule has 0 aliphatic carbocycles. The Morgan fingerprint density at radius 1 is 1.20 bits per heavy atom. The van der Waals surface area contributed by atoms with Crippen LogP contribution in [-0.4, -0.2) is 51.4 Å². The van der Waals surface area contributed by atoms with E-state index in [4.69, 9.17) is 16.6 Å². The molecule has 1 atom stereocenters. The van der Waals surface area contributed by atoms with E-state index in [2.05, 4.69) is 15.4 Å². The summed E-state index contributed by atoms with van der Waals surface area (Å²) in [6.07, 6.45) is 2.04. The number of halogens is 2.